The Morgan fingerprint density at radius 1 is 1.13 bits per heavy atom. The van der Waals surface area contributed by atoms with Gasteiger partial charge in [-0.1, -0.05) is 52.8 Å². The minimum Gasteiger partial charge on any atom is -0.478 e. The molecule has 1 aromatic carbocycles. The lowest BCUT2D eigenvalue weighted by Crippen LogP contribution is -2.00. The zero-order valence-corrected chi connectivity index (χ0v) is 10.4. The molecule has 0 spiro atoms. The number of aryl methyl sites for hydroxylation is 1. The molecule has 0 fully saturated rings. The molecule has 0 heterocycles. The number of carbonyl (C=O) groups is 1. The highest BCUT2D eigenvalue weighted by atomic mass is 16.4. The van der Waals surface area contributed by atoms with Gasteiger partial charge in [0.25, 0.3) is 0 Å². The molecule has 0 saturated heterocycles. The summed E-state index contributed by atoms with van der Waals surface area (Å²) in [5.74, 6) is -0.845. The van der Waals surface area contributed by atoms with Crippen molar-refractivity contribution >= 4 is 5.97 Å². The van der Waals surface area contributed by atoms with Gasteiger partial charge in [-0.2, -0.15) is 0 Å². The summed E-state index contributed by atoms with van der Waals surface area (Å²) >= 11 is 0. The van der Waals surface area contributed by atoms with E-state index in [2.05, 4.69) is 0 Å². The van der Waals surface area contributed by atoms with Crippen LogP contribution in [0.15, 0.2) is 24.3 Å². The zero-order chi connectivity index (χ0) is 12.3. The van der Waals surface area contributed by atoms with Gasteiger partial charge < -0.3 is 5.11 Å². The van der Waals surface area contributed by atoms with Crippen molar-refractivity contribution in [2.24, 2.45) is 0 Å². The van der Waals surface area contributed by atoms with Gasteiger partial charge in [0.1, 0.15) is 0 Å². The summed E-state index contributed by atoms with van der Waals surface area (Å²) in [4.78, 5) is 10.6. The zero-order valence-electron chi connectivity index (χ0n) is 10.4. The number of rotatable bonds is 2. The monoisotopic (exact) mass is 210 g/mol. The van der Waals surface area contributed by atoms with Gasteiger partial charge in [-0.15, -0.1) is 0 Å². The molecule has 2 heteroatoms. The molecule has 0 atom stereocenters. The first-order chi connectivity index (χ1) is 7.25. The first-order valence-electron chi connectivity index (χ1n) is 5.57. The van der Waals surface area contributed by atoms with Crippen LogP contribution in [0.25, 0.3) is 0 Å². The van der Waals surface area contributed by atoms with E-state index in [1.807, 2.05) is 46.8 Å². The summed E-state index contributed by atoms with van der Waals surface area (Å²) in [6.45, 7) is 9.95. The number of aromatic carboxylic acids is 1. The number of carboxylic acid groups (broad SMARTS) is 1. The van der Waals surface area contributed by atoms with Gasteiger partial charge in [0, 0.05) is 0 Å². The second-order valence-electron chi connectivity index (χ2n) is 2.32. The molecule has 1 N–H and O–H groups in total. The highest BCUT2D eigenvalue weighted by Gasteiger charge is 2.05. The molecule has 1 aromatic rings. The Morgan fingerprint density at radius 2 is 1.60 bits per heavy atom. The highest BCUT2D eigenvalue weighted by molar-refractivity contribution is 5.89. The summed E-state index contributed by atoms with van der Waals surface area (Å²) in [5.41, 5.74) is 1.30. The Balaban J connectivity index is 0. The maximum Gasteiger partial charge on any atom is 0.335 e. The predicted molar refractivity (Wildman–Crippen MR) is 65.5 cm³/mol. The molecular weight excluding hydrogens is 188 g/mol. The Hall–Kier alpha value is -1.31. The topological polar surface area (TPSA) is 37.3 Å². The van der Waals surface area contributed by atoms with E-state index in [0.717, 1.165) is 12.0 Å². The molecule has 0 aliphatic carbocycles. The van der Waals surface area contributed by atoms with Crippen LogP contribution in [0, 0.1) is 0 Å². The first kappa shape index (κ1) is 16.1. The molecule has 0 aliphatic heterocycles. The molecule has 15 heavy (non-hydrogen) atoms. The Bertz CT molecular complexity index is 267. The van der Waals surface area contributed by atoms with E-state index in [1.165, 1.54) is 0 Å². The third-order valence-corrected chi connectivity index (χ3v) is 1.63. The molecule has 1 rings (SSSR count). The third-order valence-electron chi connectivity index (χ3n) is 1.63. The average molecular weight is 210 g/mol. The van der Waals surface area contributed by atoms with Crippen LogP contribution in [-0.4, -0.2) is 11.1 Å². The van der Waals surface area contributed by atoms with Crippen LogP contribution in [0.5, 0.6) is 0 Å². The van der Waals surface area contributed by atoms with E-state index in [9.17, 15) is 4.79 Å². The molecule has 2 nitrogen and oxygen atoms in total. The number of hydrogen-bond donors (Lipinski definition) is 1. The third kappa shape index (κ3) is 5.89. The number of benzene rings is 1. The minimum atomic E-state index is -0.845. The van der Waals surface area contributed by atoms with Gasteiger partial charge in [0.15, 0.2) is 0 Å². The Labute approximate surface area is 93.0 Å². The first-order valence-corrected chi connectivity index (χ1v) is 5.57. The lowest BCUT2D eigenvalue weighted by molar-refractivity contribution is 0.0696. The van der Waals surface area contributed by atoms with E-state index in [1.54, 1.807) is 12.1 Å². The lowest BCUT2D eigenvalue weighted by Gasteiger charge is -2.00. The molecule has 0 saturated carbocycles. The highest BCUT2D eigenvalue weighted by Crippen LogP contribution is 2.08. The van der Waals surface area contributed by atoms with E-state index in [-0.39, 0.29) is 0 Å². The summed E-state index contributed by atoms with van der Waals surface area (Å²) in [6, 6.07) is 7.05. The molecule has 0 bridgehead atoms. The van der Waals surface area contributed by atoms with Crippen molar-refractivity contribution in [3.8, 4) is 0 Å². The van der Waals surface area contributed by atoms with Crippen LogP contribution >= 0.6 is 0 Å². The number of carboxylic acids is 1. The van der Waals surface area contributed by atoms with E-state index in [0.29, 0.717) is 5.56 Å². The molecule has 0 unspecified atom stereocenters. The molecule has 0 radical (unpaired) electrons. The normalized spacial score (nSPS) is 7.80. The smallest absolute Gasteiger partial charge is 0.335 e. The van der Waals surface area contributed by atoms with Crippen molar-refractivity contribution in [1.29, 1.82) is 0 Å². The maximum absolute atomic E-state index is 10.6. The van der Waals surface area contributed by atoms with Crippen LogP contribution in [0.2, 0.25) is 0 Å². The summed E-state index contributed by atoms with van der Waals surface area (Å²) in [7, 11) is 0. The average Bonchev–Trinajstić information content (AvgIpc) is 2.34. The molecule has 0 aliphatic rings. The van der Waals surface area contributed by atoms with Crippen LogP contribution in [0.4, 0.5) is 0 Å². The van der Waals surface area contributed by atoms with E-state index < -0.39 is 5.97 Å². The SMILES string of the molecule is CC.CC.CCc1ccccc1C(=O)O. The summed E-state index contributed by atoms with van der Waals surface area (Å²) < 4.78 is 0. The van der Waals surface area contributed by atoms with E-state index in [4.69, 9.17) is 5.11 Å². The fourth-order valence-electron chi connectivity index (χ4n) is 1.04. The molecular formula is C13H22O2. The number of hydrogen-bond acceptors (Lipinski definition) is 1. The fraction of sp³-hybridized carbons (Fsp3) is 0.462. The van der Waals surface area contributed by atoms with Crippen molar-refractivity contribution in [2.75, 3.05) is 0 Å². The van der Waals surface area contributed by atoms with E-state index >= 15 is 0 Å². The van der Waals surface area contributed by atoms with Crippen LogP contribution < -0.4 is 0 Å². The van der Waals surface area contributed by atoms with Crippen molar-refractivity contribution in [3.05, 3.63) is 35.4 Å². The van der Waals surface area contributed by atoms with Gasteiger partial charge in [0.2, 0.25) is 0 Å². The minimum absolute atomic E-state index is 0.412. The summed E-state index contributed by atoms with van der Waals surface area (Å²) in [5, 5.41) is 8.70. The Morgan fingerprint density at radius 3 is 1.93 bits per heavy atom. The predicted octanol–water partition coefficient (Wildman–Crippen LogP) is 4.00. The standard InChI is InChI=1S/C9H10O2.2C2H6/c1-2-7-5-3-4-6-8(7)9(10)11;2*1-2/h3-6H,2H2,1H3,(H,10,11);2*1-2H3. The van der Waals surface area contributed by atoms with Gasteiger partial charge in [-0.05, 0) is 18.1 Å². The second-order valence-corrected chi connectivity index (χ2v) is 2.32. The van der Waals surface area contributed by atoms with Crippen molar-refractivity contribution in [1.82, 2.24) is 0 Å². The van der Waals surface area contributed by atoms with Crippen LogP contribution in [-0.2, 0) is 6.42 Å². The lowest BCUT2D eigenvalue weighted by atomic mass is 10.1. The van der Waals surface area contributed by atoms with Crippen molar-refractivity contribution < 1.29 is 9.90 Å². The second kappa shape index (κ2) is 10.8. The van der Waals surface area contributed by atoms with Crippen molar-refractivity contribution in [2.45, 2.75) is 41.0 Å². The van der Waals surface area contributed by atoms with Crippen LogP contribution in [0.1, 0.15) is 50.5 Å². The van der Waals surface area contributed by atoms with Crippen LogP contribution in [0.3, 0.4) is 0 Å². The van der Waals surface area contributed by atoms with Crippen molar-refractivity contribution in [3.63, 3.8) is 0 Å². The van der Waals surface area contributed by atoms with Gasteiger partial charge >= 0.3 is 5.97 Å². The quantitative estimate of drug-likeness (QED) is 0.801. The van der Waals surface area contributed by atoms with Gasteiger partial charge in [-0.25, -0.2) is 4.79 Å². The largest absolute Gasteiger partial charge is 0.478 e. The Kier molecular flexibility index (Phi) is 11.6. The fourth-order valence-corrected chi connectivity index (χ4v) is 1.04. The molecule has 86 valence electrons. The molecule has 0 amide bonds. The van der Waals surface area contributed by atoms with Gasteiger partial charge in [-0.3, -0.25) is 0 Å². The maximum atomic E-state index is 10.6. The summed E-state index contributed by atoms with van der Waals surface area (Å²) in [6.07, 6.45) is 0.766. The van der Waals surface area contributed by atoms with Gasteiger partial charge in [0.05, 0.1) is 5.56 Å². The molecule has 0 aromatic heterocycles.